The van der Waals surface area contributed by atoms with Crippen molar-refractivity contribution in [1.82, 2.24) is 0 Å². The molecule has 308 valence electrons. The van der Waals surface area contributed by atoms with Gasteiger partial charge < -0.3 is 0 Å². The summed E-state index contributed by atoms with van der Waals surface area (Å²) in [6, 6.07) is 2.87. The number of hydrogen-bond donors (Lipinski definition) is 0. The number of halogens is 21. The van der Waals surface area contributed by atoms with E-state index in [1.165, 1.54) is 6.92 Å². The molecule has 0 aliphatic heterocycles. The van der Waals surface area contributed by atoms with Gasteiger partial charge in [0.15, 0.2) is 0 Å². The summed E-state index contributed by atoms with van der Waals surface area (Å²) >= 11 is 0. The zero-order chi connectivity index (χ0) is 43.5. The third-order valence-corrected chi connectivity index (χ3v) is 7.78. The van der Waals surface area contributed by atoms with Crippen LogP contribution >= 0.6 is 0 Å². The Balaban J connectivity index is 0.000000303. The van der Waals surface area contributed by atoms with Gasteiger partial charge >= 0.3 is 43.2 Å². The summed E-state index contributed by atoms with van der Waals surface area (Å²) in [5, 5.41) is 0. The first-order valence-corrected chi connectivity index (χ1v) is 14.9. The Hall–Kier alpha value is -4.59. The van der Waals surface area contributed by atoms with Crippen LogP contribution in [0, 0.1) is 27.7 Å². The van der Waals surface area contributed by atoms with E-state index in [2.05, 4.69) is 0 Å². The van der Waals surface area contributed by atoms with Gasteiger partial charge in [-0.15, -0.1) is 0 Å². The molecule has 0 heterocycles. The molecule has 0 radical (unpaired) electrons. The number of aryl methyl sites for hydroxylation is 4. The lowest BCUT2D eigenvalue weighted by Gasteiger charge is -2.24. The highest BCUT2D eigenvalue weighted by Gasteiger charge is 2.47. The predicted octanol–water partition coefficient (Wildman–Crippen LogP) is 15.1. The lowest BCUT2D eigenvalue weighted by Crippen LogP contribution is -2.18. The van der Waals surface area contributed by atoms with Gasteiger partial charge in [0, 0.05) is 11.1 Å². The zero-order valence-corrected chi connectivity index (χ0v) is 28.1. The maximum Gasteiger partial charge on any atom is 0.417 e. The van der Waals surface area contributed by atoms with E-state index in [1.807, 2.05) is 0 Å². The van der Waals surface area contributed by atoms with Crippen molar-refractivity contribution in [3.63, 3.8) is 0 Å². The van der Waals surface area contributed by atoms with Gasteiger partial charge in [-0.3, -0.25) is 0 Å². The highest BCUT2D eigenvalue weighted by Crippen LogP contribution is 2.51. The Morgan fingerprint density at radius 1 is 0.268 bits per heavy atom. The van der Waals surface area contributed by atoms with E-state index in [-0.39, 0.29) is 35.4 Å². The van der Waals surface area contributed by atoms with Crippen molar-refractivity contribution >= 4 is 0 Å². The molecule has 0 amide bonds. The second kappa shape index (κ2) is 14.7. The van der Waals surface area contributed by atoms with E-state index < -0.39 is 116 Å². The zero-order valence-electron chi connectivity index (χ0n) is 28.1. The molecule has 4 aromatic rings. The molecule has 0 aliphatic rings. The monoisotopic (exact) mass is 840 g/mol. The summed E-state index contributed by atoms with van der Waals surface area (Å²) in [4.78, 5) is 0. The van der Waals surface area contributed by atoms with E-state index in [0.717, 1.165) is 19.9 Å². The van der Waals surface area contributed by atoms with Crippen molar-refractivity contribution in [3.8, 4) is 22.3 Å². The second-order valence-corrected chi connectivity index (χ2v) is 12.2. The number of benzene rings is 4. The first kappa shape index (κ1) is 45.8. The quantitative estimate of drug-likeness (QED) is 0.176. The van der Waals surface area contributed by atoms with Crippen molar-refractivity contribution in [2.45, 2.75) is 70.9 Å². The Kier molecular flexibility index (Phi) is 12.0. The second-order valence-electron chi connectivity index (χ2n) is 12.2. The van der Waals surface area contributed by atoms with Crippen LogP contribution in [0.4, 0.5) is 92.2 Å². The molecule has 0 saturated carbocycles. The first-order chi connectivity index (χ1) is 24.9. The van der Waals surface area contributed by atoms with Crippen LogP contribution in [0.1, 0.15) is 61.2 Å². The smallest absolute Gasteiger partial charge is 0.166 e. The minimum absolute atomic E-state index is 0.0512. The standard InChI is InChI=1S/C18H10F12.C17H11F9/c1-7-3-12(17(25,26)27)14(13(4-7)18(28,29)30)9-6-10(15(19,20)21)8(2)5-11(9)16(22,23)24;1-8-3-4-10(11(5-8)15(18,19)20)14-12(16(21,22)23)6-9(2)7-13(14)17(24,25)26/h3-6H,1-2H3;3-7H,1-2H3. The maximum atomic E-state index is 13.5. The van der Waals surface area contributed by atoms with Crippen molar-refractivity contribution < 1.29 is 92.2 Å². The highest BCUT2D eigenvalue weighted by atomic mass is 19.4. The summed E-state index contributed by atoms with van der Waals surface area (Å²) in [7, 11) is 0. The first-order valence-electron chi connectivity index (χ1n) is 14.9. The summed E-state index contributed by atoms with van der Waals surface area (Å²) in [5.74, 6) is 0. The van der Waals surface area contributed by atoms with E-state index in [4.69, 9.17) is 0 Å². The Labute approximate surface area is 301 Å². The molecule has 0 spiro atoms. The SMILES string of the molecule is Cc1cc(C(F)(F)F)c(-c2cc(C(F)(F)F)c(C)cc2C(F)(F)F)c(C(F)(F)F)c1.Cc1ccc(-c2c(C(F)(F)F)cc(C)cc2C(F)(F)F)c(C(F)(F)F)c1. The molecule has 4 aromatic carbocycles. The molecule has 0 saturated heterocycles. The molecule has 0 nitrogen and oxygen atoms in total. The normalized spacial score (nSPS) is 13.4. The average molecular weight is 841 g/mol. The molecule has 0 N–H and O–H groups in total. The van der Waals surface area contributed by atoms with Crippen LogP contribution in [0.2, 0.25) is 0 Å². The molecule has 56 heavy (non-hydrogen) atoms. The maximum absolute atomic E-state index is 13.5. The Morgan fingerprint density at radius 2 is 0.536 bits per heavy atom. The molecular formula is C35H21F21. The number of rotatable bonds is 2. The van der Waals surface area contributed by atoms with E-state index in [1.54, 1.807) is 0 Å². The van der Waals surface area contributed by atoms with Gasteiger partial charge in [-0.25, -0.2) is 0 Å². The summed E-state index contributed by atoms with van der Waals surface area (Å²) < 4.78 is 280. The van der Waals surface area contributed by atoms with Crippen LogP contribution in [-0.4, -0.2) is 0 Å². The Bertz CT molecular complexity index is 2010. The molecule has 21 heteroatoms. The molecule has 0 unspecified atom stereocenters. The van der Waals surface area contributed by atoms with E-state index in [9.17, 15) is 92.2 Å². The van der Waals surface area contributed by atoms with Gasteiger partial charge in [0.2, 0.25) is 0 Å². The number of hydrogen-bond acceptors (Lipinski definition) is 0. The van der Waals surface area contributed by atoms with E-state index in [0.29, 0.717) is 31.2 Å². The van der Waals surface area contributed by atoms with Gasteiger partial charge in [0.05, 0.1) is 38.9 Å². The van der Waals surface area contributed by atoms with Crippen molar-refractivity contribution in [3.05, 3.63) is 116 Å². The van der Waals surface area contributed by atoms with Crippen LogP contribution in [0.25, 0.3) is 22.3 Å². The predicted molar refractivity (Wildman–Crippen MR) is 158 cm³/mol. The molecule has 0 atom stereocenters. The van der Waals surface area contributed by atoms with Crippen LogP contribution in [0.15, 0.2) is 54.6 Å². The van der Waals surface area contributed by atoms with Crippen molar-refractivity contribution in [2.75, 3.05) is 0 Å². The van der Waals surface area contributed by atoms with Crippen LogP contribution in [0.5, 0.6) is 0 Å². The third kappa shape index (κ3) is 10.2. The molecular weight excluding hydrogens is 819 g/mol. The summed E-state index contributed by atoms with van der Waals surface area (Å²) in [5.41, 5.74) is -21.7. The minimum Gasteiger partial charge on any atom is -0.166 e. The average Bonchev–Trinajstić information content (AvgIpc) is 2.97. The van der Waals surface area contributed by atoms with Gasteiger partial charge in [0.25, 0.3) is 0 Å². The minimum atomic E-state index is -5.58. The highest BCUT2D eigenvalue weighted by molar-refractivity contribution is 5.78. The largest absolute Gasteiger partial charge is 0.417 e. The Morgan fingerprint density at radius 3 is 0.839 bits per heavy atom. The molecule has 0 fully saturated rings. The third-order valence-electron chi connectivity index (χ3n) is 7.78. The topological polar surface area (TPSA) is 0 Å². The van der Waals surface area contributed by atoms with E-state index >= 15 is 0 Å². The van der Waals surface area contributed by atoms with Crippen LogP contribution in [0.3, 0.4) is 0 Å². The number of alkyl halides is 21. The lowest BCUT2D eigenvalue weighted by molar-refractivity contribution is -0.144. The van der Waals surface area contributed by atoms with Gasteiger partial charge in [-0.05, 0) is 98.0 Å². The fraction of sp³-hybridized carbons (Fsp3) is 0.314. The van der Waals surface area contributed by atoms with Crippen LogP contribution in [-0.2, 0) is 43.2 Å². The fourth-order valence-corrected chi connectivity index (χ4v) is 5.61. The van der Waals surface area contributed by atoms with Crippen molar-refractivity contribution in [1.29, 1.82) is 0 Å². The molecule has 0 aromatic heterocycles. The van der Waals surface area contributed by atoms with Crippen molar-refractivity contribution in [2.24, 2.45) is 0 Å². The summed E-state index contributed by atoms with van der Waals surface area (Å²) in [6.45, 7) is 3.72. The fourth-order valence-electron chi connectivity index (χ4n) is 5.61. The summed E-state index contributed by atoms with van der Waals surface area (Å²) in [6.07, 6.45) is -37.7. The molecule has 4 rings (SSSR count). The van der Waals surface area contributed by atoms with Crippen LogP contribution < -0.4 is 0 Å². The van der Waals surface area contributed by atoms with Gasteiger partial charge in [0.1, 0.15) is 0 Å². The van der Waals surface area contributed by atoms with Gasteiger partial charge in [-0.1, -0.05) is 17.7 Å². The lowest BCUT2D eigenvalue weighted by atomic mass is 9.86. The van der Waals surface area contributed by atoms with Gasteiger partial charge in [-0.2, -0.15) is 92.2 Å². The molecule has 0 aliphatic carbocycles. The molecule has 0 bridgehead atoms.